The molecular weight excluding hydrogens is 292 g/mol. The van der Waals surface area contributed by atoms with Crippen LogP contribution in [0.3, 0.4) is 0 Å². The maximum Gasteiger partial charge on any atom is 0.271 e. The lowest BCUT2D eigenvalue weighted by atomic mass is 10.3. The van der Waals surface area contributed by atoms with Crippen molar-refractivity contribution in [1.29, 1.82) is 0 Å². The van der Waals surface area contributed by atoms with Crippen LogP contribution >= 0.6 is 11.8 Å². The number of non-ortho nitro benzene ring substituents is 1. The van der Waals surface area contributed by atoms with Crippen molar-refractivity contribution in [3.8, 4) is 0 Å². The van der Waals surface area contributed by atoms with Crippen LogP contribution in [0.4, 0.5) is 11.4 Å². The van der Waals surface area contributed by atoms with E-state index in [9.17, 15) is 14.9 Å². The van der Waals surface area contributed by atoms with Gasteiger partial charge in [0.1, 0.15) is 0 Å². The number of nitrogens with zero attached hydrogens (tertiary/aromatic N) is 3. The highest BCUT2D eigenvalue weighted by Gasteiger charge is 2.09. The van der Waals surface area contributed by atoms with Crippen molar-refractivity contribution in [2.45, 2.75) is 12.1 Å². The fraction of sp³-hybridized carbons (Fsp3) is 0.154. The van der Waals surface area contributed by atoms with Crippen molar-refractivity contribution >= 4 is 29.0 Å². The highest BCUT2D eigenvalue weighted by Crippen LogP contribution is 2.18. The Morgan fingerprint density at radius 3 is 2.95 bits per heavy atom. The molecule has 7 nitrogen and oxygen atoms in total. The fourth-order valence-electron chi connectivity index (χ4n) is 1.52. The number of nitro groups is 1. The second-order valence-corrected chi connectivity index (χ2v) is 5.07. The van der Waals surface area contributed by atoms with Crippen LogP contribution in [0.1, 0.15) is 5.69 Å². The van der Waals surface area contributed by atoms with Gasteiger partial charge < -0.3 is 5.32 Å². The van der Waals surface area contributed by atoms with Crippen molar-refractivity contribution in [2.24, 2.45) is 0 Å². The monoisotopic (exact) mass is 304 g/mol. The van der Waals surface area contributed by atoms with Crippen LogP contribution in [0.15, 0.2) is 41.7 Å². The first-order chi connectivity index (χ1) is 10.0. The summed E-state index contributed by atoms with van der Waals surface area (Å²) in [6.45, 7) is 1.84. The van der Waals surface area contributed by atoms with E-state index < -0.39 is 4.92 Å². The predicted molar refractivity (Wildman–Crippen MR) is 79.2 cm³/mol. The zero-order chi connectivity index (χ0) is 15.2. The van der Waals surface area contributed by atoms with Gasteiger partial charge >= 0.3 is 0 Å². The van der Waals surface area contributed by atoms with Crippen molar-refractivity contribution in [3.63, 3.8) is 0 Å². The number of anilines is 1. The molecular formula is C13H12N4O3S. The van der Waals surface area contributed by atoms with Gasteiger partial charge in [-0.2, -0.15) is 0 Å². The number of thioether (sulfide) groups is 1. The lowest BCUT2D eigenvalue weighted by Crippen LogP contribution is -2.14. The number of hydrogen-bond acceptors (Lipinski definition) is 6. The number of aromatic nitrogens is 2. The molecule has 2 rings (SSSR count). The molecule has 108 valence electrons. The number of aryl methyl sites for hydroxylation is 1. The molecule has 1 amide bonds. The van der Waals surface area contributed by atoms with Crippen LogP contribution in [0, 0.1) is 17.0 Å². The Labute approximate surface area is 125 Å². The van der Waals surface area contributed by atoms with E-state index in [-0.39, 0.29) is 17.3 Å². The molecule has 0 bridgehead atoms. The summed E-state index contributed by atoms with van der Waals surface area (Å²) in [5, 5.41) is 13.8. The van der Waals surface area contributed by atoms with Crippen molar-refractivity contribution in [2.75, 3.05) is 11.1 Å². The number of carbonyl (C=O) groups is 1. The molecule has 0 radical (unpaired) electrons. The zero-order valence-corrected chi connectivity index (χ0v) is 12.0. The third-order valence-electron chi connectivity index (χ3n) is 2.45. The number of nitrogens with one attached hydrogen (secondary N) is 1. The van der Waals surface area contributed by atoms with Gasteiger partial charge in [0.25, 0.3) is 5.69 Å². The zero-order valence-electron chi connectivity index (χ0n) is 11.1. The van der Waals surface area contributed by atoms with Gasteiger partial charge in [-0.1, -0.05) is 17.8 Å². The lowest BCUT2D eigenvalue weighted by Gasteiger charge is -2.04. The fourth-order valence-corrected chi connectivity index (χ4v) is 2.20. The minimum atomic E-state index is -0.509. The van der Waals surface area contributed by atoms with Crippen molar-refractivity contribution in [3.05, 3.63) is 52.3 Å². The molecule has 0 unspecified atom stereocenters. The summed E-state index contributed by atoms with van der Waals surface area (Å²) >= 11 is 1.20. The number of hydrogen-bond donors (Lipinski definition) is 1. The van der Waals surface area contributed by atoms with Gasteiger partial charge in [0, 0.05) is 29.7 Å². The van der Waals surface area contributed by atoms with Gasteiger partial charge in [-0.3, -0.25) is 14.9 Å². The molecule has 1 aromatic carbocycles. The topological polar surface area (TPSA) is 98.0 Å². The van der Waals surface area contributed by atoms with E-state index in [4.69, 9.17) is 0 Å². The molecule has 1 heterocycles. The molecule has 0 aliphatic rings. The number of amides is 1. The second kappa shape index (κ2) is 6.80. The average molecular weight is 304 g/mol. The van der Waals surface area contributed by atoms with Gasteiger partial charge in [-0.25, -0.2) is 9.97 Å². The normalized spacial score (nSPS) is 10.1. The number of benzene rings is 1. The molecule has 0 aliphatic carbocycles. The Morgan fingerprint density at radius 2 is 2.24 bits per heavy atom. The molecule has 0 spiro atoms. The smallest absolute Gasteiger partial charge is 0.271 e. The Bertz CT molecular complexity index is 678. The average Bonchev–Trinajstić information content (AvgIpc) is 2.45. The third-order valence-corrected chi connectivity index (χ3v) is 3.31. The van der Waals surface area contributed by atoms with E-state index >= 15 is 0 Å². The molecule has 0 atom stereocenters. The molecule has 0 saturated heterocycles. The quantitative estimate of drug-likeness (QED) is 0.394. The SMILES string of the molecule is Cc1ccnc(SCC(=O)Nc2cccc([N+](=O)[O-])c2)n1. The highest BCUT2D eigenvalue weighted by molar-refractivity contribution is 7.99. The summed E-state index contributed by atoms with van der Waals surface area (Å²) in [5.74, 6) is -0.141. The molecule has 2 aromatic rings. The predicted octanol–water partition coefficient (Wildman–Crippen LogP) is 2.42. The van der Waals surface area contributed by atoms with Gasteiger partial charge in [0.15, 0.2) is 5.16 Å². The van der Waals surface area contributed by atoms with Crippen LogP contribution in [0.2, 0.25) is 0 Å². The van der Waals surface area contributed by atoms with Crippen molar-refractivity contribution < 1.29 is 9.72 Å². The summed E-state index contributed by atoms with van der Waals surface area (Å²) in [5.41, 5.74) is 1.15. The van der Waals surface area contributed by atoms with E-state index in [1.807, 2.05) is 6.92 Å². The number of carbonyl (C=O) groups excluding carboxylic acids is 1. The number of rotatable bonds is 5. The molecule has 8 heteroatoms. The second-order valence-electron chi connectivity index (χ2n) is 4.12. The molecule has 0 saturated carbocycles. The Morgan fingerprint density at radius 1 is 1.43 bits per heavy atom. The van der Waals surface area contributed by atoms with E-state index in [0.717, 1.165) is 5.69 Å². The minimum absolute atomic E-state index is 0.0672. The first-order valence-electron chi connectivity index (χ1n) is 6.01. The Kier molecular flexibility index (Phi) is 4.83. The van der Waals surface area contributed by atoms with E-state index in [0.29, 0.717) is 10.8 Å². The van der Waals surface area contributed by atoms with Crippen molar-refractivity contribution in [1.82, 2.24) is 9.97 Å². The van der Waals surface area contributed by atoms with Gasteiger partial charge in [-0.15, -0.1) is 0 Å². The van der Waals surface area contributed by atoms with E-state index in [1.54, 1.807) is 18.3 Å². The van der Waals surface area contributed by atoms with Gasteiger partial charge in [-0.05, 0) is 19.1 Å². The minimum Gasteiger partial charge on any atom is -0.325 e. The first kappa shape index (κ1) is 14.9. The largest absolute Gasteiger partial charge is 0.325 e. The summed E-state index contributed by atoms with van der Waals surface area (Å²) in [6.07, 6.45) is 1.63. The Hall–Kier alpha value is -2.48. The van der Waals surface area contributed by atoms with Crippen LogP contribution in [0.5, 0.6) is 0 Å². The maximum absolute atomic E-state index is 11.8. The summed E-state index contributed by atoms with van der Waals surface area (Å²) < 4.78 is 0. The summed E-state index contributed by atoms with van der Waals surface area (Å²) in [7, 11) is 0. The van der Waals surface area contributed by atoms with Gasteiger partial charge in [0.05, 0.1) is 10.7 Å². The Balaban J connectivity index is 1.93. The third kappa shape index (κ3) is 4.53. The highest BCUT2D eigenvalue weighted by atomic mass is 32.2. The number of nitro benzene ring substituents is 1. The van der Waals surface area contributed by atoms with Crippen LogP contribution in [-0.2, 0) is 4.79 Å². The lowest BCUT2D eigenvalue weighted by molar-refractivity contribution is -0.384. The maximum atomic E-state index is 11.8. The molecule has 1 aromatic heterocycles. The van der Waals surface area contributed by atoms with Crippen LogP contribution in [-0.4, -0.2) is 26.6 Å². The van der Waals surface area contributed by atoms with E-state index in [1.165, 1.54) is 30.0 Å². The first-order valence-corrected chi connectivity index (χ1v) is 7.00. The van der Waals surface area contributed by atoms with Crippen LogP contribution < -0.4 is 5.32 Å². The molecule has 1 N–H and O–H groups in total. The molecule has 0 fully saturated rings. The molecule has 0 aliphatic heterocycles. The van der Waals surface area contributed by atoms with E-state index in [2.05, 4.69) is 15.3 Å². The standard InChI is InChI=1S/C13H12N4O3S/c1-9-5-6-14-13(15-9)21-8-12(18)16-10-3-2-4-11(7-10)17(19)20/h2-7H,8H2,1H3,(H,16,18). The van der Waals surface area contributed by atoms with Gasteiger partial charge in [0.2, 0.25) is 5.91 Å². The summed E-state index contributed by atoms with van der Waals surface area (Å²) in [6, 6.07) is 7.56. The summed E-state index contributed by atoms with van der Waals surface area (Å²) in [4.78, 5) is 30.1. The molecule has 21 heavy (non-hydrogen) atoms. The van der Waals surface area contributed by atoms with Crippen LogP contribution in [0.25, 0.3) is 0 Å².